The van der Waals surface area contributed by atoms with Crippen LogP contribution in [0.5, 0.6) is 17.2 Å². The molecule has 5 rings (SSSR count). The van der Waals surface area contributed by atoms with Gasteiger partial charge in [0.25, 0.3) is 5.91 Å². The van der Waals surface area contributed by atoms with Crippen LogP contribution < -0.4 is 24.8 Å². The Balaban J connectivity index is 1.54. The minimum absolute atomic E-state index is 0.277. The number of nitrogens with one attached hydrogen (secondary N) is 2. The number of para-hydroxylation sites is 1. The van der Waals surface area contributed by atoms with Crippen molar-refractivity contribution in [2.24, 2.45) is 0 Å². The predicted octanol–water partition coefficient (Wildman–Crippen LogP) is 6.14. The fourth-order valence-electron chi connectivity index (χ4n) is 4.92. The molecule has 0 saturated carbocycles. The number of hydrogen-bond acceptors (Lipinski definition) is 8. The number of aromatic nitrogens is 3. The van der Waals surface area contributed by atoms with Crippen LogP contribution in [0.25, 0.3) is 0 Å². The maximum atomic E-state index is 13.9. The SMILES string of the molecule is COc1ccc(NC(=O)C2=C(C)Nc3nc(SCc4ccc(C)cc4C)nn3C2c2cccc(OC)c2OC)cc1. The molecule has 1 atom stereocenters. The summed E-state index contributed by atoms with van der Waals surface area (Å²) in [6, 6.07) is 18.6. The predicted molar refractivity (Wildman–Crippen MR) is 161 cm³/mol. The number of allylic oxidation sites excluding steroid dienone is 1. The molecule has 9 nitrogen and oxygen atoms in total. The molecule has 0 aliphatic carbocycles. The van der Waals surface area contributed by atoms with Crippen LogP contribution in [0, 0.1) is 13.8 Å². The maximum absolute atomic E-state index is 13.9. The first-order chi connectivity index (χ1) is 19.8. The van der Waals surface area contributed by atoms with E-state index in [9.17, 15) is 4.79 Å². The number of anilines is 2. The van der Waals surface area contributed by atoms with E-state index >= 15 is 0 Å². The van der Waals surface area contributed by atoms with Crippen molar-refractivity contribution in [1.82, 2.24) is 14.8 Å². The van der Waals surface area contributed by atoms with Gasteiger partial charge in [-0.05, 0) is 62.2 Å². The largest absolute Gasteiger partial charge is 0.497 e. The van der Waals surface area contributed by atoms with Crippen LogP contribution in [0.4, 0.5) is 11.6 Å². The summed E-state index contributed by atoms with van der Waals surface area (Å²) in [6.45, 7) is 6.07. The summed E-state index contributed by atoms with van der Waals surface area (Å²) in [5.41, 5.74) is 6.20. The minimum atomic E-state index is -0.627. The molecule has 1 aliphatic heterocycles. The summed E-state index contributed by atoms with van der Waals surface area (Å²) in [7, 11) is 4.78. The molecule has 1 aliphatic rings. The lowest BCUT2D eigenvalue weighted by atomic mass is 9.94. The number of rotatable bonds is 9. The maximum Gasteiger partial charge on any atom is 0.255 e. The molecule has 1 unspecified atom stereocenters. The lowest BCUT2D eigenvalue weighted by Crippen LogP contribution is -2.31. The number of ether oxygens (including phenoxy) is 3. The molecule has 10 heteroatoms. The van der Waals surface area contributed by atoms with Gasteiger partial charge in [0.15, 0.2) is 11.5 Å². The summed E-state index contributed by atoms with van der Waals surface area (Å²) in [4.78, 5) is 18.7. The lowest BCUT2D eigenvalue weighted by molar-refractivity contribution is -0.113. The highest BCUT2D eigenvalue weighted by Crippen LogP contribution is 2.43. The highest BCUT2D eigenvalue weighted by molar-refractivity contribution is 7.98. The average Bonchev–Trinajstić information content (AvgIpc) is 3.38. The molecule has 0 saturated heterocycles. The van der Waals surface area contributed by atoms with E-state index in [0.29, 0.717) is 45.3 Å². The van der Waals surface area contributed by atoms with Gasteiger partial charge in [0.1, 0.15) is 11.8 Å². The number of benzene rings is 3. The molecule has 2 heterocycles. The van der Waals surface area contributed by atoms with Crippen molar-refractivity contribution in [3.05, 3.63) is 94.2 Å². The van der Waals surface area contributed by atoms with Gasteiger partial charge >= 0.3 is 0 Å². The Labute approximate surface area is 243 Å². The first kappa shape index (κ1) is 28.1. The van der Waals surface area contributed by atoms with Crippen molar-refractivity contribution in [2.75, 3.05) is 32.0 Å². The topological polar surface area (TPSA) is 99.5 Å². The highest BCUT2D eigenvalue weighted by Gasteiger charge is 2.36. The second-order valence-electron chi connectivity index (χ2n) is 9.71. The van der Waals surface area contributed by atoms with Crippen molar-refractivity contribution in [3.63, 3.8) is 0 Å². The van der Waals surface area contributed by atoms with E-state index in [1.54, 1.807) is 62.0 Å². The number of aryl methyl sites for hydroxylation is 2. The van der Waals surface area contributed by atoms with Gasteiger partial charge in [-0.2, -0.15) is 4.98 Å². The van der Waals surface area contributed by atoms with Crippen LogP contribution in [-0.2, 0) is 10.5 Å². The third kappa shape index (κ3) is 5.74. The van der Waals surface area contributed by atoms with Crippen LogP contribution in [0.3, 0.4) is 0 Å². The molecule has 0 bridgehead atoms. The second-order valence-corrected chi connectivity index (χ2v) is 10.7. The number of carbonyl (C=O) groups excluding carboxylic acids is 1. The third-order valence-corrected chi connectivity index (χ3v) is 7.89. The summed E-state index contributed by atoms with van der Waals surface area (Å²) in [5, 5.41) is 11.8. The van der Waals surface area contributed by atoms with E-state index in [1.165, 1.54) is 16.7 Å². The molecule has 0 radical (unpaired) electrons. The van der Waals surface area contributed by atoms with Gasteiger partial charge in [-0.25, -0.2) is 4.68 Å². The molecule has 1 amide bonds. The van der Waals surface area contributed by atoms with Gasteiger partial charge in [0.2, 0.25) is 11.1 Å². The van der Waals surface area contributed by atoms with E-state index in [2.05, 4.69) is 42.7 Å². The Morgan fingerprint density at radius 2 is 1.78 bits per heavy atom. The second kappa shape index (κ2) is 12.0. The lowest BCUT2D eigenvalue weighted by Gasteiger charge is -2.29. The smallest absolute Gasteiger partial charge is 0.255 e. The van der Waals surface area contributed by atoms with Crippen LogP contribution in [0.2, 0.25) is 0 Å². The average molecular weight is 572 g/mol. The molecule has 2 N–H and O–H groups in total. The molecule has 3 aromatic carbocycles. The van der Waals surface area contributed by atoms with Crippen molar-refractivity contribution < 1.29 is 19.0 Å². The number of nitrogens with zero attached hydrogens (tertiary/aromatic N) is 3. The third-order valence-electron chi connectivity index (χ3n) is 7.01. The minimum Gasteiger partial charge on any atom is -0.497 e. The standard InChI is InChI=1S/C31H33N5O4S/c1-18-10-11-21(19(2)16-18)17-41-31-34-30-32-20(3)26(29(37)33-22-12-14-23(38-4)15-13-22)27(36(30)35-31)24-8-7-9-25(39-5)28(24)40-6/h7-16,27H,17H2,1-6H3,(H,33,37)(H,32,34,35). The summed E-state index contributed by atoms with van der Waals surface area (Å²) in [5.74, 6) is 2.77. The number of carbonyl (C=O) groups is 1. The zero-order chi connectivity index (χ0) is 29.1. The van der Waals surface area contributed by atoms with Crippen molar-refractivity contribution >= 4 is 29.3 Å². The van der Waals surface area contributed by atoms with Gasteiger partial charge in [0, 0.05) is 22.7 Å². The normalized spacial score (nSPS) is 14.2. The Kier molecular flexibility index (Phi) is 8.21. The fraction of sp³-hybridized carbons (Fsp3) is 0.258. The van der Waals surface area contributed by atoms with Gasteiger partial charge in [-0.1, -0.05) is 47.7 Å². The number of hydrogen-bond donors (Lipinski definition) is 2. The number of fused-ring (bicyclic) bond motifs is 1. The van der Waals surface area contributed by atoms with Crippen LogP contribution >= 0.6 is 11.8 Å². The van der Waals surface area contributed by atoms with E-state index in [0.717, 1.165) is 11.3 Å². The van der Waals surface area contributed by atoms with Gasteiger partial charge in [-0.15, -0.1) is 5.10 Å². The van der Waals surface area contributed by atoms with E-state index in [4.69, 9.17) is 24.3 Å². The van der Waals surface area contributed by atoms with Crippen molar-refractivity contribution in [3.8, 4) is 17.2 Å². The molecule has 1 aromatic heterocycles. The van der Waals surface area contributed by atoms with Gasteiger partial charge in [-0.3, -0.25) is 4.79 Å². The molecule has 41 heavy (non-hydrogen) atoms. The molecule has 0 fully saturated rings. The Bertz CT molecular complexity index is 1610. The van der Waals surface area contributed by atoms with Crippen LogP contribution in [0.1, 0.15) is 35.2 Å². The molecular formula is C31H33N5O4S. The van der Waals surface area contributed by atoms with E-state index < -0.39 is 6.04 Å². The van der Waals surface area contributed by atoms with Crippen molar-refractivity contribution in [1.29, 1.82) is 0 Å². The summed E-state index contributed by atoms with van der Waals surface area (Å²) >= 11 is 1.55. The fourth-order valence-corrected chi connectivity index (χ4v) is 5.83. The number of thioether (sulfide) groups is 1. The molecule has 4 aromatic rings. The monoisotopic (exact) mass is 571 g/mol. The highest BCUT2D eigenvalue weighted by atomic mass is 32.2. The number of amides is 1. The van der Waals surface area contributed by atoms with Crippen LogP contribution in [0.15, 0.2) is 77.1 Å². The van der Waals surface area contributed by atoms with E-state index in [-0.39, 0.29) is 5.91 Å². The van der Waals surface area contributed by atoms with Gasteiger partial charge in [0.05, 0.1) is 26.9 Å². The van der Waals surface area contributed by atoms with Gasteiger partial charge < -0.3 is 24.8 Å². The molecule has 0 spiro atoms. The quantitative estimate of drug-likeness (QED) is 0.231. The Morgan fingerprint density at radius 3 is 2.46 bits per heavy atom. The first-order valence-corrected chi connectivity index (χ1v) is 14.1. The summed E-state index contributed by atoms with van der Waals surface area (Å²) in [6.07, 6.45) is 0. The number of methoxy groups -OCH3 is 3. The molecule has 212 valence electrons. The van der Waals surface area contributed by atoms with Crippen LogP contribution in [-0.4, -0.2) is 42.0 Å². The molecular weight excluding hydrogens is 538 g/mol. The zero-order valence-corrected chi connectivity index (χ0v) is 24.8. The summed E-state index contributed by atoms with van der Waals surface area (Å²) < 4.78 is 18.4. The van der Waals surface area contributed by atoms with Crippen molar-refractivity contribution in [2.45, 2.75) is 37.7 Å². The van der Waals surface area contributed by atoms with E-state index in [1.807, 2.05) is 25.1 Å². The first-order valence-electron chi connectivity index (χ1n) is 13.1. The Hall–Kier alpha value is -4.44. The Morgan fingerprint density at radius 1 is 1.00 bits per heavy atom. The zero-order valence-electron chi connectivity index (χ0n) is 23.9.